The smallest absolute Gasteiger partial charge is 0.0236 e. The Bertz CT molecular complexity index is 345. The number of benzene rings is 1. The fourth-order valence-corrected chi connectivity index (χ4v) is 2.26. The number of nitrogens with zero attached hydrogens (tertiary/aromatic N) is 1. The molecule has 1 heterocycles. The third-order valence-corrected chi connectivity index (χ3v) is 3.25. The summed E-state index contributed by atoms with van der Waals surface area (Å²) in [5.74, 6) is 0.765. The third-order valence-electron chi connectivity index (χ3n) is 2.98. The van der Waals surface area contributed by atoms with Crippen LogP contribution in [0.1, 0.15) is 18.4 Å². The van der Waals surface area contributed by atoms with Crippen LogP contribution in [-0.2, 0) is 0 Å². The predicted molar refractivity (Wildman–Crippen MR) is 70.8 cm³/mol. The molecule has 0 aromatic heterocycles. The average Bonchev–Trinajstić information content (AvgIpc) is 2.38. The summed E-state index contributed by atoms with van der Waals surface area (Å²) >= 11 is 5.73. The van der Waals surface area contributed by atoms with E-state index < -0.39 is 0 Å². The normalized spacial score (nSPS) is 17.2. The quantitative estimate of drug-likeness (QED) is 0.723. The molecule has 0 N–H and O–H groups in total. The highest BCUT2D eigenvalue weighted by atomic mass is 35.5. The van der Waals surface area contributed by atoms with Crippen LogP contribution >= 0.6 is 11.6 Å². The van der Waals surface area contributed by atoms with Crippen molar-refractivity contribution in [2.45, 2.75) is 12.8 Å². The Kier molecular flexibility index (Phi) is 4.44. The van der Waals surface area contributed by atoms with E-state index in [2.05, 4.69) is 41.3 Å². The Morgan fingerprint density at radius 2 is 2.00 bits per heavy atom. The molecular formula is C14H18ClN. The fraction of sp³-hybridized carbons (Fsp3) is 0.429. The van der Waals surface area contributed by atoms with Crippen LogP contribution in [0.4, 0.5) is 0 Å². The van der Waals surface area contributed by atoms with Crippen LogP contribution in [0.15, 0.2) is 36.4 Å². The van der Waals surface area contributed by atoms with Crippen LogP contribution < -0.4 is 0 Å². The maximum absolute atomic E-state index is 5.73. The van der Waals surface area contributed by atoms with Crippen LogP contribution in [0, 0.1) is 0 Å². The van der Waals surface area contributed by atoms with E-state index in [1.807, 2.05) is 0 Å². The maximum atomic E-state index is 5.73. The second-order valence-corrected chi connectivity index (χ2v) is 4.58. The number of halogens is 1. The molecule has 0 saturated heterocycles. The summed E-state index contributed by atoms with van der Waals surface area (Å²) in [6, 6.07) is 10.7. The average molecular weight is 236 g/mol. The lowest BCUT2D eigenvalue weighted by atomic mass is 10.0. The molecule has 0 atom stereocenters. The molecule has 0 fully saturated rings. The van der Waals surface area contributed by atoms with Crippen LogP contribution in [0.3, 0.4) is 0 Å². The predicted octanol–water partition coefficient (Wildman–Crippen LogP) is 3.40. The van der Waals surface area contributed by atoms with E-state index in [1.165, 1.54) is 17.7 Å². The number of rotatable bonds is 4. The minimum atomic E-state index is 0.765. The molecule has 86 valence electrons. The standard InChI is InChI=1S/C14H18ClN/c15-9-5-11-16-10-4-8-14(12-16)13-6-2-1-3-7-13/h1-3,6-8H,4-5,9-12H2. The van der Waals surface area contributed by atoms with Gasteiger partial charge in [-0.3, -0.25) is 4.90 Å². The molecule has 2 rings (SSSR count). The molecule has 0 unspecified atom stereocenters. The summed E-state index contributed by atoms with van der Waals surface area (Å²) in [7, 11) is 0. The van der Waals surface area contributed by atoms with Gasteiger partial charge in [0.2, 0.25) is 0 Å². The Balaban J connectivity index is 1.99. The summed E-state index contributed by atoms with van der Waals surface area (Å²) in [6.45, 7) is 3.36. The first kappa shape index (κ1) is 11.7. The minimum Gasteiger partial charge on any atom is -0.299 e. The number of hydrogen-bond donors (Lipinski definition) is 0. The minimum absolute atomic E-state index is 0.765. The van der Waals surface area contributed by atoms with Gasteiger partial charge in [0.1, 0.15) is 0 Å². The molecule has 16 heavy (non-hydrogen) atoms. The highest BCUT2D eigenvalue weighted by molar-refractivity contribution is 6.17. The molecule has 0 aliphatic carbocycles. The van der Waals surface area contributed by atoms with Crippen LogP contribution in [0.5, 0.6) is 0 Å². The highest BCUT2D eigenvalue weighted by Crippen LogP contribution is 2.20. The summed E-state index contributed by atoms with van der Waals surface area (Å²) in [6.07, 6.45) is 4.61. The first-order chi connectivity index (χ1) is 7.90. The highest BCUT2D eigenvalue weighted by Gasteiger charge is 2.12. The van der Waals surface area contributed by atoms with Crippen molar-refractivity contribution in [3.8, 4) is 0 Å². The second-order valence-electron chi connectivity index (χ2n) is 4.20. The van der Waals surface area contributed by atoms with E-state index in [4.69, 9.17) is 11.6 Å². The van der Waals surface area contributed by atoms with Gasteiger partial charge in [-0.05, 0) is 30.5 Å². The maximum Gasteiger partial charge on any atom is 0.0236 e. The largest absolute Gasteiger partial charge is 0.299 e. The van der Waals surface area contributed by atoms with Gasteiger partial charge in [0.05, 0.1) is 0 Å². The van der Waals surface area contributed by atoms with Crippen molar-refractivity contribution in [1.29, 1.82) is 0 Å². The Hall–Kier alpha value is -0.790. The van der Waals surface area contributed by atoms with E-state index in [0.717, 1.165) is 31.8 Å². The molecule has 0 radical (unpaired) electrons. The Labute approximate surface area is 103 Å². The van der Waals surface area contributed by atoms with Gasteiger partial charge in [-0.15, -0.1) is 11.6 Å². The van der Waals surface area contributed by atoms with Gasteiger partial charge < -0.3 is 0 Å². The SMILES string of the molecule is ClCCCN1CCC=C(c2ccccc2)C1. The molecule has 1 nitrogen and oxygen atoms in total. The van der Waals surface area contributed by atoms with E-state index in [9.17, 15) is 0 Å². The zero-order valence-corrected chi connectivity index (χ0v) is 10.3. The van der Waals surface area contributed by atoms with Crippen molar-refractivity contribution in [1.82, 2.24) is 4.90 Å². The van der Waals surface area contributed by atoms with Gasteiger partial charge in [-0.1, -0.05) is 36.4 Å². The van der Waals surface area contributed by atoms with Gasteiger partial charge in [-0.25, -0.2) is 0 Å². The van der Waals surface area contributed by atoms with Crippen molar-refractivity contribution in [2.75, 3.05) is 25.5 Å². The van der Waals surface area contributed by atoms with Gasteiger partial charge in [0, 0.05) is 19.0 Å². The summed E-state index contributed by atoms with van der Waals surface area (Å²) in [4.78, 5) is 2.49. The van der Waals surface area contributed by atoms with Crippen LogP contribution in [-0.4, -0.2) is 30.4 Å². The number of hydrogen-bond acceptors (Lipinski definition) is 1. The monoisotopic (exact) mass is 235 g/mol. The van der Waals surface area contributed by atoms with Gasteiger partial charge >= 0.3 is 0 Å². The zero-order chi connectivity index (χ0) is 11.2. The zero-order valence-electron chi connectivity index (χ0n) is 9.53. The molecule has 1 aromatic rings. The molecule has 1 aliphatic heterocycles. The van der Waals surface area contributed by atoms with Gasteiger partial charge in [0.25, 0.3) is 0 Å². The molecular weight excluding hydrogens is 218 g/mol. The van der Waals surface area contributed by atoms with Crippen molar-refractivity contribution in [3.05, 3.63) is 42.0 Å². The molecule has 0 bridgehead atoms. The van der Waals surface area contributed by atoms with E-state index in [-0.39, 0.29) is 0 Å². The summed E-state index contributed by atoms with van der Waals surface area (Å²) in [5, 5.41) is 0. The number of alkyl halides is 1. The summed E-state index contributed by atoms with van der Waals surface area (Å²) < 4.78 is 0. The molecule has 0 spiro atoms. The molecule has 1 aliphatic rings. The Morgan fingerprint density at radius 3 is 2.75 bits per heavy atom. The Morgan fingerprint density at radius 1 is 1.19 bits per heavy atom. The summed E-state index contributed by atoms with van der Waals surface area (Å²) in [5.41, 5.74) is 2.82. The first-order valence-electron chi connectivity index (χ1n) is 5.93. The second kappa shape index (κ2) is 6.07. The topological polar surface area (TPSA) is 3.24 Å². The first-order valence-corrected chi connectivity index (χ1v) is 6.46. The lowest BCUT2D eigenvalue weighted by Gasteiger charge is -2.27. The van der Waals surface area contributed by atoms with Crippen molar-refractivity contribution < 1.29 is 0 Å². The molecule has 2 heteroatoms. The lowest BCUT2D eigenvalue weighted by Crippen LogP contribution is -2.30. The van der Waals surface area contributed by atoms with Crippen molar-refractivity contribution >= 4 is 17.2 Å². The molecule has 0 saturated carbocycles. The van der Waals surface area contributed by atoms with Crippen LogP contribution in [0.25, 0.3) is 5.57 Å². The van der Waals surface area contributed by atoms with E-state index in [0.29, 0.717) is 0 Å². The van der Waals surface area contributed by atoms with Crippen molar-refractivity contribution in [3.63, 3.8) is 0 Å². The van der Waals surface area contributed by atoms with Crippen molar-refractivity contribution in [2.24, 2.45) is 0 Å². The van der Waals surface area contributed by atoms with E-state index in [1.54, 1.807) is 0 Å². The fourth-order valence-electron chi connectivity index (χ4n) is 2.14. The lowest BCUT2D eigenvalue weighted by molar-refractivity contribution is 0.306. The molecule has 1 aromatic carbocycles. The molecule has 0 amide bonds. The van der Waals surface area contributed by atoms with E-state index >= 15 is 0 Å². The van der Waals surface area contributed by atoms with Gasteiger partial charge in [-0.2, -0.15) is 0 Å². The van der Waals surface area contributed by atoms with Gasteiger partial charge in [0.15, 0.2) is 0 Å². The van der Waals surface area contributed by atoms with Crippen LogP contribution in [0.2, 0.25) is 0 Å². The third kappa shape index (κ3) is 3.10.